The predicted molar refractivity (Wildman–Crippen MR) is 130 cm³/mol. The van der Waals surface area contributed by atoms with Gasteiger partial charge in [-0.15, -0.1) is 11.3 Å². The fourth-order valence-corrected chi connectivity index (χ4v) is 6.58. The second kappa shape index (κ2) is 8.70. The zero-order chi connectivity index (χ0) is 23.0. The molecule has 0 radical (unpaired) electrons. The number of amides is 1. The zero-order valence-corrected chi connectivity index (χ0v) is 19.8. The van der Waals surface area contributed by atoms with Crippen LogP contribution in [0.5, 0.6) is 0 Å². The van der Waals surface area contributed by atoms with Gasteiger partial charge in [0.15, 0.2) is 0 Å². The van der Waals surface area contributed by atoms with E-state index in [-0.39, 0.29) is 10.8 Å². The number of carbonyl (C=O) groups is 1. The molecule has 4 aromatic rings. The van der Waals surface area contributed by atoms with Crippen molar-refractivity contribution in [1.29, 1.82) is 0 Å². The minimum absolute atomic E-state index is 0.140. The van der Waals surface area contributed by atoms with E-state index in [0.29, 0.717) is 31.6 Å². The summed E-state index contributed by atoms with van der Waals surface area (Å²) in [7, 11) is -2.00. The van der Waals surface area contributed by atoms with Gasteiger partial charge in [0.05, 0.1) is 21.7 Å². The first-order valence-electron chi connectivity index (χ1n) is 10.7. The topological polar surface area (TPSA) is 70.6 Å². The van der Waals surface area contributed by atoms with Crippen LogP contribution < -0.4 is 0 Å². The van der Waals surface area contributed by atoms with Gasteiger partial charge in [0.2, 0.25) is 10.0 Å². The SMILES string of the molecule is CN(Cc1nc2ccccc2s1)C(=O)c1cccc(S(=O)(=O)N2CCc3ccccc3C2)c1. The van der Waals surface area contributed by atoms with E-state index in [0.717, 1.165) is 20.8 Å². The first-order chi connectivity index (χ1) is 15.9. The Morgan fingerprint density at radius 2 is 1.79 bits per heavy atom. The van der Waals surface area contributed by atoms with Crippen molar-refractivity contribution < 1.29 is 13.2 Å². The summed E-state index contributed by atoms with van der Waals surface area (Å²) in [6.07, 6.45) is 0.679. The van der Waals surface area contributed by atoms with Crippen LogP contribution in [-0.4, -0.2) is 42.1 Å². The number of benzene rings is 3. The predicted octanol–water partition coefficient (Wildman–Crippen LogP) is 4.32. The molecule has 1 aliphatic heterocycles. The molecular weight excluding hydrogens is 454 g/mol. The van der Waals surface area contributed by atoms with Crippen molar-refractivity contribution in [3.63, 3.8) is 0 Å². The van der Waals surface area contributed by atoms with Crippen LogP contribution in [0.1, 0.15) is 26.5 Å². The summed E-state index contributed by atoms with van der Waals surface area (Å²) in [5, 5.41) is 0.836. The van der Waals surface area contributed by atoms with Gasteiger partial charge in [-0.25, -0.2) is 13.4 Å². The van der Waals surface area contributed by atoms with Gasteiger partial charge in [-0.2, -0.15) is 4.31 Å². The molecule has 1 aromatic heterocycles. The highest BCUT2D eigenvalue weighted by molar-refractivity contribution is 7.89. The third kappa shape index (κ3) is 4.29. The van der Waals surface area contributed by atoms with Crippen molar-refractivity contribution in [2.24, 2.45) is 0 Å². The molecule has 0 fully saturated rings. The van der Waals surface area contributed by atoms with E-state index in [1.807, 2.05) is 48.5 Å². The average molecular weight is 478 g/mol. The number of hydrogen-bond donors (Lipinski definition) is 0. The van der Waals surface area contributed by atoms with E-state index in [2.05, 4.69) is 4.98 Å². The van der Waals surface area contributed by atoms with Gasteiger partial charge in [-0.1, -0.05) is 42.5 Å². The molecule has 5 rings (SSSR count). The fourth-order valence-electron chi connectivity index (χ4n) is 4.10. The summed E-state index contributed by atoms with van der Waals surface area (Å²) in [6, 6.07) is 22.1. The number of hydrogen-bond acceptors (Lipinski definition) is 5. The standard InChI is InChI=1S/C25H23N3O3S2/c1-27(17-24-26-22-11-4-5-12-23(22)32-24)25(29)19-9-6-10-21(15-19)33(30,31)28-14-13-18-7-2-3-8-20(18)16-28/h2-12,15H,13-14,16-17H2,1H3. The Labute approximate surface area is 197 Å². The second-order valence-electron chi connectivity index (χ2n) is 8.12. The first-order valence-corrected chi connectivity index (χ1v) is 12.9. The molecule has 33 heavy (non-hydrogen) atoms. The quantitative estimate of drug-likeness (QED) is 0.429. The minimum atomic E-state index is -3.71. The van der Waals surface area contributed by atoms with Gasteiger partial charge in [-0.3, -0.25) is 4.79 Å². The lowest BCUT2D eigenvalue weighted by Crippen LogP contribution is -2.36. The number of aromatic nitrogens is 1. The Kier molecular flexibility index (Phi) is 5.74. The summed E-state index contributed by atoms with van der Waals surface area (Å²) in [5.41, 5.74) is 3.46. The van der Waals surface area contributed by atoms with Crippen molar-refractivity contribution in [3.05, 3.63) is 94.5 Å². The van der Waals surface area contributed by atoms with Crippen LogP contribution >= 0.6 is 11.3 Å². The second-order valence-corrected chi connectivity index (χ2v) is 11.2. The molecule has 0 bridgehead atoms. The smallest absolute Gasteiger partial charge is 0.254 e. The van der Waals surface area contributed by atoms with Crippen molar-refractivity contribution in [3.8, 4) is 0 Å². The van der Waals surface area contributed by atoms with E-state index < -0.39 is 10.0 Å². The molecule has 8 heteroatoms. The normalized spacial score (nSPS) is 14.2. The Balaban J connectivity index is 1.35. The summed E-state index contributed by atoms with van der Waals surface area (Å²) in [5.74, 6) is -0.240. The minimum Gasteiger partial charge on any atom is -0.335 e. The number of rotatable bonds is 5. The molecule has 0 unspecified atom stereocenters. The van der Waals surface area contributed by atoms with Gasteiger partial charge in [-0.05, 0) is 47.9 Å². The molecular formula is C25H23N3O3S2. The first kappa shape index (κ1) is 21.8. The zero-order valence-electron chi connectivity index (χ0n) is 18.1. The molecule has 2 heterocycles. The number of fused-ring (bicyclic) bond motifs is 2. The lowest BCUT2D eigenvalue weighted by molar-refractivity contribution is 0.0785. The van der Waals surface area contributed by atoms with Crippen LogP contribution in [0, 0.1) is 0 Å². The van der Waals surface area contributed by atoms with Gasteiger partial charge >= 0.3 is 0 Å². The van der Waals surface area contributed by atoms with Crippen molar-refractivity contribution >= 4 is 37.5 Å². The molecule has 1 amide bonds. The van der Waals surface area contributed by atoms with Crippen molar-refractivity contribution in [1.82, 2.24) is 14.2 Å². The molecule has 0 spiro atoms. The fraction of sp³-hybridized carbons (Fsp3) is 0.200. The Bertz CT molecular complexity index is 1410. The van der Waals surface area contributed by atoms with Gasteiger partial charge in [0, 0.05) is 25.7 Å². The van der Waals surface area contributed by atoms with Gasteiger partial charge in [0.25, 0.3) is 5.91 Å². The highest BCUT2D eigenvalue weighted by Gasteiger charge is 2.29. The number of thiazole rings is 1. The maximum atomic E-state index is 13.3. The van der Waals surface area contributed by atoms with Crippen LogP contribution in [0.25, 0.3) is 10.2 Å². The molecule has 168 valence electrons. The van der Waals surface area contributed by atoms with Gasteiger partial charge in [0.1, 0.15) is 5.01 Å². The monoisotopic (exact) mass is 477 g/mol. The Morgan fingerprint density at radius 1 is 1.03 bits per heavy atom. The van der Waals surface area contributed by atoms with Crippen LogP contribution in [0.4, 0.5) is 0 Å². The van der Waals surface area contributed by atoms with Crippen molar-refractivity contribution in [2.45, 2.75) is 24.4 Å². The molecule has 0 atom stereocenters. The maximum absolute atomic E-state index is 13.3. The van der Waals surface area contributed by atoms with E-state index in [1.54, 1.807) is 41.5 Å². The summed E-state index contributed by atoms with van der Waals surface area (Å²) in [4.78, 5) is 19.4. The number of para-hydroxylation sites is 1. The summed E-state index contributed by atoms with van der Waals surface area (Å²) >= 11 is 1.55. The highest BCUT2D eigenvalue weighted by Crippen LogP contribution is 2.26. The van der Waals surface area contributed by atoms with Crippen LogP contribution in [-0.2, 0) is 29.5 Å². The van der Waals surface area contributed by atoms with Crippen LogP contribution in [0.15, 0.2) is 77.7 Å². The van der Waals surface area contributed by atoms with Crippen LogP contribution in [0.2, 0.25) is 0 Å². The van der Waals surface area contributed by atoms with Crippen LogP contribution in [0.3, 0.4) is 0 Å². The third-order valence-electron chi connectivity index (χ3n) is 5.87. The maximum Gasteiger partial charge on any atom is 0.254 e. The third-order valence-corrected chi connectivity index (χ3v) is 8.73. The number of sulfonamides is 1. The molecule has 1 aliphatic rings. The van der Waals surface area contributed by atoms with Gasteiger partial charge < -0.3 is 4.90 Å². The molecule has 0 N–H and O–H groups in total. The number of carbonyl (C=O) groups excluding carboxylic acids is 1. The molecule has 0 aliphatic carbocycles. The molecule has 0 saturated heterocycles. The van der Waals surface area contributed by atoms with E-state index in [4.69, 9.17) is 0 Å². The molecule has 3 aromatic carbocycles. The van der Waals surface area contributed by atoms with Crippen molar-refractivity contribution in [2.75, 3.05) is 13.6 Å². The van der Waals surface area contributed by atoms with E-state index >= 15 is 0 Å². The van der Waals surface area contributed by atoms with E-state index in [1.165, 1.54) is 15.9 Å². The highest BCUT2D eigenvalue weighted by atomic mass is 32.2. The molecule has 0 saturated carbocycles. The lowest BCUT2D eigenvalue weighted by Gasteiger charge is -2.28. The summed E-state index contributed by atoms with van der Waals surface area (Å²) in [6.45, 7) is 1.13. The number of nitrogens with zero attached hydrogens (tertiary/aromatic N) is 3. The molecule has 6 nitrogen and oxygen atoms in total. The lowest BCUT2D eigenvalue weighted by atomic mass is 10.0. The summed E-state index contributed by atoms with van der Waals surface area (Å²) < 4.78 is 29.2. The largest absolute Gasteiger partial charge is 0.335 e. The Morgan fingerprint density at radius 3 is 2.61 bits per heavy atom. The Hall–Kier alpha value is -3.07. The average Bonchev–Trinajstić information content (AvgIpc) is 3.25. The van der Waals surface area contributed by atoms with E-state index in [9.17, 15) is 13.2 Å².